The van der Waals surface area contributed by atoms with Crippen molar-refractivity contribution in [3.8, 4) is 17.4 Å². The normalized spacial score (nSPS) is 16.1. The lowest BCUT2D eigenvalue weighted by molar-refractivity contribution is -0.140. The number of hydrogen-bond acceptors (Lipinski definition) is 4. The number of halogens is 1. The van der Waals surface area contributed by atoms with Crippen molar-refractivity contribution in [1.82, 2.24) is 4.90 Å². The molecule has 0 atom stereocenters. The number of furan rings is 1. The predicted octanol–water partition coefficient (Wildman–Crippen LogP) is 4.99. The molecule has 0 bridgehead atoms. The van der Waals surface area contributed by atoms with E-state index in [1.165, 1.54) is 0 Å². The van der Waals surface area contributed by atoms with Crippen molar-refractivity contribution in [3.63, 3.8) is 0 Å². The zero-order valence-corrected chi connectivity index (χ0v) is 16.4. The second kappa shape index (κ2) is 8.28. The molecule has 28 heavy (non-hydrogen) atoms. The van der Waals surface area contributed by atoms with E-state index < -0.39 is 11.8 Å². The van der Waals surface area contributed by atoms with Crippen molar-refractivity contribution < 1.29 is 14.0 Å². The summed E-state index contributed by atoms with van der Waals surface area (Å²) in [6.07, 6.45) is 3.08. The van der Waals surface area contributed by atoms with Gasteiger partial charge in [-0.05, 0) is 49.3 Å². The summed E-state index contributed by atoms with van der Waals surface area (Å²) in [7, 11) is 0. The lowest BCUT2D eigenvalue weighted by Gasteiger charge is -2.27. The second-order valence-corrected chi connectivity index (χ2v) is 6.87. The number of benzene rings is 1. The van der Waals surface area contributed by atoms with Gasteiger partial charge in [-0.15, -0.1) is 0 Å². The van der Waals surface area contributed by atoms with E-state index >= 15 is 0 Å². The number of amides is 2. The zero-order valence-electron chi connectivity index (χ0n) is 15.7. The van der Waals surface area contributed by atoms with Gasteiger partial charge in [-0.25, -0.2) is 0 Å². The first kappa shape index (κ1) is 19.7. The van der Waals surface area contributed by atoms with E-state index in [4.69, 9.17) is 16.0 Å². The largest absolute Gasteiger partial charge is 0.457 e. The topological polar surface area (TPSA) is 74.3 Å². The molecule has 3 rings (SSSR count). The molecule has 1 aromatic heterocycles. The van der Waals surface area contributed by atoms with Gasteiger partial charge in [-0.3, -0.25) is 14.5 Å². The summed E-state index contributed by atoms with van der Waals surface area (Å²) in [6, 6.07) is 12.7. The molecule has 0 spiro atoms. The smallest absolute Gasteiger partial charge is 0.271 e. The summed E-state index contributed by atoms with van der Waals surface area (Å²) in [6.45, 7) is 3.86. The highest BCUT2D eigenvalue weighted by atomic mass is 35.5. The van der Waals surface area contributed by atoms with Crippen LogP contribution in [0.2, 0.25) is 5.02 Å². The molecule has 0 radical (unpaired) electrons. The highest BCUT2D eigenvalue weighted by molar-refractivity contribution is 6.33. The third-order valence-electron chi connectivity index (χ3n) is 4.61. The lowest BCUT2D eigenvalue weighted by atomic mass is 9.94. The van der Waals surface area contributed by atoms with Gasteiger partial charge in [-0.2, -0.15) is 5.26 Å². The summed E-state index contributed by atoms with van der Waals surface area (Å²) < 4.78 is 5.84. The Kier molecular flexibility index (Phi) is 5.81. The van der Waals surface area contributed by atoms with Gasteiger partial charge in [0.15, 0.2) is 0 Å². The van der Waals surface area contributed by atoms with Crippen LogP contribution in [-0.2, 0) is 9.59 Å². The van der Waals surface area contributed by atoms with Crippen LogP contribution in [0.4, 0.5) is 0 Å². The molecule has 1 aliphatic heterocycles. The summed E-state index contributed by atoms with van der Waals surface area (Å²) >= 11 is 6.21. The number of hydrogen-bond donors (Lipinski definition) is 0. The lowest BCUT2D eigenvalue weighted by Crippen LogP contribution is -2.43. The second-order valence-electron chi connectivity index (χ2n) is 6.47. The maximum absolute atomic E-state index is 12.9. The highest BCUT2D eigenvalue weighted by Gasteiger charge is 2.35. The number of carbonyl (C=O) groups excluding carboxylic acids is 2. The van der Waals surface area contributed by atoms with Crippen molar-refractivity contribution in [2.24, 2.45) is 0 Å². The quantitative estimate of drug-likeness (QED) is 0.528. The van der Waals surface area contributed by atoms with Crippen LogP contribution in [0.1, 0.15) is 32.4 Å². The average molecular weight is 395 g/mol. The van der Waals surface area contributed by atoms with Crippen LogP contribution < -0.4 is 0 Å². The van der Waals surface area contributed by atoms with E-state index in [1.54, 1.807) is 31.2 Å². The molecule has 2 heterocycles. The van der Waals surface area contributed by atoms with Crippen molar-refractivity contribution in [3.05, 3.63) is 63.9 Å². The molecule has 1 aliphatic rings. The van der Waals surface area contributed by atoms with Crippen LogP contribution in [0.25, 0.3) is 17.4 Å². The molecule has 0 aliphatic carbocycles. The molecule has 0 fully saturated rings. The molecule has 5 nitrogen and oxygen atoms in total. The molecule has 0 unspecified atom stereocenters. The van der Waals surface area contributed by atoms with Gasteiger partial charge in [0.2, 0.25) is 0 Å². The fourth-order valence-corrected chi connectivity index (χ4v) is 3.26. The molecular weight excluding hydrogens is 376 g/mol. The van der Waals surface area contributed by atoms with E-state index in [2.05, 4.69) is 0 Å². The number of nitriles is 1. The van der Waals surface area contributed by atoms with Crippen molar-refractivity contribution in [2.75, 3.05) is 6.54 Å². The van der Waals surface area contributed by atoms with Crippen LogP contribution >= 0.6 is 11.6 Å². The monoisotopic (exact) mass is 394 g/mol. The highest BCUT2D eigenvalue weighted by Crippen LogP contribution is 2.31. The standard InChI is InChI=1S/C22H19ClN2O3/c1-3-4-11-25-21(26)17(14(2)18(13-24)22(25)27)12-15-9-10-20(28-15)16-7-5-6-8-19(16)23/h5-10,12H,3-4,11H2,1-2H3/b17-12-. The van der Waals surface area contributed by atoms with E-state index in [-0.39, 0.29) is 17.7 Å². The summed E-state index contributed by atoms with van der Waals surface area (Å²) in [5.74, 6) is 0.0684. The van der Waals surface area contributed by atoms with E-state index in [9.17, 15) is 14.9 Å². The predicted molar refractivity (Wildman–Crippen MR) is 107 cm³/mol. The minimum Gasteiger partial charge on any atom is -0.457 e. The number of rotatable bonds is 5. The molecule has 6 heteroatoms. The van der Waals surface area contributed by atoms with Crippen molar-refractivity contribution in [2.45, 2.75) is 26.7 Å². The molecule has 0 saturated heterocycles. The number of nitrogens with zero attached hydrogens (tertiary/aromatic N) is 2. The van der Waals surface area contributed by atoms with Gasteiger partial charge in [-0.1, -0.05) is 37.1 Å². The first-order chi connectivity index (χ1) is 13.5. The Morgan fingerprint density at radius 1 is 1.18 bits per heavy atom. The Morgan fingerprint density at radius 3 is 2.61 bits per heavy atom. The molecule has 0 N–H and O–H groups in total. The number of carbonyl (C=O) groups is 2. The SMILES string of the molecule is CCCCN1C(=O)C(C#N)=C(C)/C(=C/c2ccc(-c3ccccc3Cl)o2)C1=O. The van der Waals surface area contributed by atoms with Crippen molar-refractivity contribution in [1.29, 1.82) is 5.26 Å². The summed E-state index contributed by atoms with van der Waals surface area (Å²) in [5.41, 5.74) is 1.38. The maximum Gasteiger partial charge on any atom is 0.271 e. The Hall–Kier alpha value is -3.10. The first-order valence-electron chi connectivity index (χ1n) is 9.02. The number of imide groups is 1. The Morgan fingerprint density at radius 2 is 1.93 bits per heavy atom. The van der Waals surface area contributed by atoms with Gasteiger partial charge in [0.05, 0.1) is 5.02 Å². The summed E-state index contributed by atoms with van der Waals surface area (Å²) in [4.78, 5) is 26.5. The van der Waals surface area contributed by atoms with E-state index in [0.29, 0.717) is 28.5 Å². The third-order valence-corrected chi connectivity index (χ3v) is 4.94. The zero-order chi connectivity index (χ0) is 20.3. The molecule has 0 saturated carbocycles. The minimum absolute atomic E-state index is 0.0140. The van der Waals surface area contributed by atoms with Gasteiger partial charge >= 0.3 is 0 Å². The third kappa shape index (κ3) is 3.64. The maximum atomic E-state index is 12.9. The Balaban J connectivity index is 2.02. The molecule has 2 aromatic rings. The molecular formula is C22H19ClN2O3. The van der Waals surface area contributed by atoms with Crippen LogP contribution in [0.3, 0.4) is 0 Å². The molecule has 142 valence electrons. The van der Waals surface area contributed by atoms with Crippen molar-refractivity contribution >= 4 is 29.5 Å². The first-order valence-corrected chi connectivity index (χ1v) is 9.39. The Bertz CT molecular complexity index is 1040. The molecule has 2 amide bonds. The van der Waals surface area contributed by atoms with Crippen LogP contribution in [0.5, 0.6) is 0 Å². The fourth-order valence-electron chi connectivity index (χ4n) is 3.03. The van der Waals surface area contributed by atoms with Gasteiger partial charge in [0, 0.05) is 17.7 Å². The Labute approximate surface area is 168 Å². The number of unbranched alkanes of at least 4 members (excludes halogenated alkanes) is 1. The average Bonchev–Trinajstić information content (AvgIpc) is 3.14. The van der Waals surface area contributed by atoms with Crippen LogP contribution in [0, 0.1) is 11.3 Å². The van der Waals surface area contributed by atoms with Crippen LogP contribution in [-0.4, -0.2) is 23.3 Å². The fraction of sp³-hybridized carbons (Fsp3) is 0.227. The minimum atomic E-state index is -0.535. The van der Waals surface area contributed by atoms with E-state index in [1.807, 2.05) is 31.2 Å². The summed E-state index contributed by atoms with van der Waals surface area (Å²) in [5, 5.41) is 9.96. The van der Waals surface area contributed by atoms with E-state index in [0.717, 1.165) is 16.9 Å². The van der Waals surface area contributed by atoms with Gasteiger partial charge in [0.1, 0.15) is 23.2 Å². The van der Waals surface area contributed by atoms with Crippen LogP contribution in [0.15, 0.2) is 57.5 Å². The molecule has 1 aromatic carbocycles. The van der Waals surface area contributed by atoms with Gasteiger partial charge in [0.25, 0.3) is 11.8 Å². The van der Waals surface area contributed by atoms with Gasteiger partial charge < -0.3 is 4.42 Å².